The van der Waals surface area contributed by atoms with Crippen molar-refractivity contribution in [2.75, 3.05) is 11.1 Å². The molecule has 0 aliphatic rings. The first-order chi connectivity index (χ1) is 6.76. The predicted molar refractivity (Wildman–Crippen MR) is 67.4 cm³/mol. The van der Waals surface area contributed by atoms with Crippen molar-refractivity contribution >= 4 is 39.2 Å². The van der Waals surface area contributed by atoms with E-state index in [2.05, 4.69) is 39.1 Å². The lowest BCUT2D eigenvalue weighted by atomic mass is 9.87. The van der Waals surface area contributed by atoms with Crippen LogP contribution in [0.2, 0.25) is 0 Å². The van der Waals surface area contributed by atoms with Crippen LogP contribution in [0.1, 0.15) is 26.7 Å². The third kappa shape index (κ3) is 3.21. The van der Waals surface area contributed by atoms with Crippen LogP contribution in [-0.4, -0.2) is 20.4 Å². The Morgan fingerprint density at radius 2 is 2.21 bits per heavy atom. The average Bonchev–Trinajstić information content (AvgIpc) is 2.74. The number of alkyl halides is 1. The first-order valence-corrected chi connectivity index (χ1v) is 7.60. The van der Waals surface area contributed by atoms with E-state index in [-0.39, 0.29) is 0 Å². The molecule has 0 radical (unpaired) electrons. The van der Waals surface area contributed by atoms with Gasteiger partial charge in [0.05, 0.1) is 0 Å². The van der Waals surface area contributed by atoms with Crippen molar-refractivity contribution in [2.24, 2.45) is 5.41 Å². The molecule has 0 saturated heterocycles. The fourth-order valence-corrected chi connectivity index (χ4v) is 4.23. The molecule has 5 heteroatoms. The van der Waals surface area contributed by atoms with Crippen LogP contribution in [0.3, 0.4) is 0 Å². The van der Waals surface area contributed by atoms with Crippen LogP contribution in [0.25, 0.3) is 0 Å². The van der Waals surface area contributed by atoms with E-state index in [1.807, 2.05) is 11.8 Å². The van der Waals surface area contributed by atoms with Crippen molar-refractivity contribution in [2.45, 2.75) is 31.0 Å². The number of hydrogen-bond donors (Lipinski definition) is 0. The van der Waals surface area contributed by atoms with Gasteiger partial charge in [-0.2, -0.15) is 4.37 Å². The van der Waals surface area contributed by atoms with Crippen LogP contribution < -0.4 is 0 Å². The number of thioether (sulfide) groups is 1. The first kappa shape index (κ1) is 12.5. The summed E-state index contributed by atoms with van der Waals surface area (Å²) in [4.78, 5) is 4.18. The van der Waals surface area contributed by atoms with Crippen LogP contribution in [0.15, 0.2) is 10.7 Å². The zero-order valence-corrected chi connectivity index (χ0v) is 11.7. The van der Waals surface area contributed by atoms with E-state index in [0.717, 1.165) is 15.4 Å². The molecule has 0 bridgehead atoms. The van der Waals surface area contributed by atoms with Gasteiger partial charge in [-0.1, -0.05) is 41.5 Å². The van der Waals surface area contributed by atoms with Gasteiger partial charge in [-0.3, -0.25) is 0 Å². The fourth-order valence-electron chi connectivity index (χ4n) is 1.12. The molecule has 1 aromatic rings. The Morgan fingerprint density at radius 3 is 2.64 bits per heavy atom. The van der Waals surface area contributed by atoms with Crippen molar-refractivity contribution in [3.8, 4) is 0 Å². The molecule has 1 aromatic heterocycles. The molecule has 0 fully saturated rings. The lowest BCUT2D eigenvalue weighted by Gasteiger charge is -2.28. The molecule has 1 rings (SSSR count). The second kappa shape index (κ2) is 6.08. The summed E-state index contributed by atoms with van der Waals surface area (Å²) < 4.78 is 5.08. The maximum Gasteiger partial charge on any atom is 0.169 e. The van der Waals surface area contributed by atoms with Gasteiger partial charge in [-0.15, -0.1) is 0 Å². The van der Waals surface area contributed by atoms with Crippen LogP contribution in [0, 0.1) is 5.41 Å². The molecule has 1 heterocycles. The quantitative estimate of drug-likeness (QED) is 0.589. The third-order valence-electron chi connectivity index (χ3n) is 2.63. The van der Waals surface area contributed by atoms with E-state index >= 15 is 0 Å². The van der Waals surface area contributed by atoms with Crippen molar-refractivity contribution in [1.29, 1.82) is 0 Å². The summed E-state index contributed by atoms with van der Waals surface area (Å²) in [6, 6.07) is 0. The molecule has 0 atom stereocenters. The maximum absolute atomic E-state index is 4.18. The number of hydrogen-bond acceptors (Lipinski definition) is 4. The Kier molecular flexibility index (Phi) is 5.41. The van der Waals surface area contributed by atoms with Gasteiger partial charge in [-0.25, -0.2) is 4.98 Å². The number of halogens is 1. The normalized spacial score (nSPS) is 11.9. The van der Waals surface area contributed by atoms with Gasteiger partial charge in [0, 0.05) is 11.1 Å². The minimum atomic E-state index is 0.413. The molecule has 14 heavy (non-hydrogen) atoms. The molecule has 0 saturated carbocycles. The predicted octanol–water partition coefficient (Wildman–Crippen LogP) is 3.83. The Labute approximate surface area is 102 Å². The summed E-state index contributed by atoms with van der Waals surface area (Å²) in [6.45, 7) is 4.51. The summed E-state index contributed by atoms with van der Waals surface area (Å²) in [6.07, 6.45) is 4.04. The van der Waals surface area contributed by atoms with Crippen LogP contribution in [0.5, 0.6) is 0 Å². The van der Waals surface area contributed by atoms with Gasteiger partial charge < -0.3 is 0 Å². The summed E-state index contributed by atoms with van der Waals surface area (Å²) in [5.74, 6) is 1.13. The molecule has 0 aromatic carbocycles. The Morgan fingerprint density at radius 1 is 1.50 bits per heavy atom. The maximum atomic E-state index is 4.18. The van der Waals surface area contributed by atoms with Crippen LogP contribution in [-0.2, 0) is 0 Å². The van der Waals surface area contributed by atoms with E-state index in [9.17, 15) is 0 Å². The smallest absolute Gasteiger partial charge is 0.169 e. The van der Waals surface area contributed by atoms with E-state index < -0.39 is 0 Å². The average molecular weight is 295 g/mol. The molecule has 0 N–H and O–H groups in total. The zero-order chi connectivity index (χ0) is 10.4. The Balaban J connectivity index is 2.48. The lowest BCUT2D eigenvalue weighted by Crippen LogP contribution is -2.23. The van der Waals surface area contributed by atoms with Crippen molar-refractivity contribution in [3.05, 3.63) is 6.33 Å². The topological polar surface area (TPSA) is 25.8 Å². The molecule has 80 valence electrons. The van der Waals surface area contributed by atoms with Gasteiger partial charge in [0.15, 0.2) is 4.34 Å². The first-order valence-electron chi connectivity index (χ1n) is 4.72. The summed E-state index contributed by atoms with van der Waals surface area (Å²) >= 11 is 6.92. The second-order valence-corrected chi connectivity index (χ2v) is 5.90. The van der Waals surface area contributed by atoms with Gasteiger partial charge in [0.25, 0.3) is 0 Å². The lowest BCUT2D eigenvalue weighted by molar-refractivity contribution is 0.359. The van der Waals surface area contributed by atoms with E-state index in [4.69, 9.17) is 0 Å². The highest BCUT2D eigenvalue weighted by atomic mass is 79.9. The summed E-state index contributed by atoms with van der Waals surface area (Å²) in [5, 5.41) is 1.07. The van der Waals surface area contributed by atoms with Gasteiger partial charge in [-0.05, 0) is 29.8 Å². The number of rotatable bonds is 6. The molecule has 0 aliphatic carbocycles. The van der Waals surface area contributed by atoms with Gasteiger partial charge in [0.2, 0.25) is 0 Å². The molecule has 0 spiro atoms. The highest BCUT2D eigenvalue weighted by molar-refractivity contribution is 9.09. The van der Waals surface area contributed by atoms with Gasteiger partial charge in [0.1, 0.15) is 6.33 Å². The highest BCUT2D eigenvalue weighted by Crippen LogP contribution is 2.35. The van der Waals surface area contributed by atoms with Gasteiger partial charge >= 0.3 is 0 Å². The number of aromatic nitrogens is 2. The summed E-state index contributed by atoms with van der Waals surface area (Å²) in [5.41, 5.74) is 0.413. The van der Waals surface area contributed by atoms with E-state index in [0.29, 0.717) is 5.41 Å². The van der Waals surface area contributed by atoms with Crippen molar-refractivity contribution in [3.63, 3.8) is 0 Å². The van der Waals surface area contributed by atoms with Crippen LogP contribution >= 0.6 is 39.2 Å². The SMILES string of the molecule is CCC(CC)(CBr)CSc1ncns1. The fraction of sp³-hybridized carbons (Fsp3) is 0.778. The minimum Gasteiger partial charge on any atom is -0.216 e. The molecular formula is C9H15BrN2S2. The van der Waals surface area contributed by atoms with Crippen LogP contribution in [0.4, 0.5) is 0 Å². The largest absolute Gasteiger partial charge is 0.216 e. The highest BCUT2D eigenvalue weighted by Gasteiger charge is 2.25. The van der Waals surface area contributed by atoms with Crippen molar-refractivity contribution in [1.82, 2.24) is 9.36 Å². The molecule has 2 nitrogen and oxygen atoms in total. The van der Waals surface area contributed by atoms with E-state index in [1.165, 1.54) is 24.4 Å². The van der Waals surface area contributed by atoms with Crippen molar-refractivity contribution < 1.29 is 0 Å². The van der Waals surface area contributed by atoms with E-state index in [1.54, 1.807) is 6.33 Å². The number of nitrogens with zero attached hydrogens (tertiary/aromatic N) is 2. The molecule has 0 unspecified atom stereocenters. The Bertz CT molecular complexity index is 239. The monoisotopic (exact) mass is 294 g/mol. The Hall–Kier alpha value is 0.390. The molecule has 0 aliphatic heterocycles. The molecule has 0 amide bonds. The zero-order valence-electron chi connectivity index (χ0n) is 8.49. The second-order valence-electron chi connectivity index (χ2n) is 3.34. The standard InChI is InChI=1S/C9H15BrN2S2/c1-3-9(4-2,5-10)6-13-8-11-7-12-14-8/h7H,3-6H2,1-2H3. The minimum absolute atomic E-state index is 0.413. The molecular weight excluding hydrogens is 280 g/mol. The third-order valence-corrected chi connectivity index (χ3v) is 5.96. The summed E-state index contributed by atoms with van der Waals surface area (Å²) in [7, 11) is 0.